The molecule has 0 aliphatic heterocycles. The van der Waals surface area contributed by atoms with Crippen LogP contribution >= 0.6 is 0 Å². The van der Waals surface area contributed by atoms with E-state index in [1.54, 1.807) is 14.2 Å². The van der Waals surface area contributed by atoms with Gasteiger partial charge in [0.2, 0.25) is 0 Å². The van der Waals surface area contributed by atoms with E-state index >= 15 is 0 Å². The van der Waals surface area contributed by atoms with Gasteiger partial charge in [0.1, 0.15) is 0 Å². The molecule has 0 saturated heterocycles. The predicted octanol–water partition coefficient (Wildman–Crippen LogP) is -0.635. The fourth-order valence-electron chi connectivity index (χ4n) is 2.07. The number of carboxylic acids is 2. The first-order chi connectivity index (χ1) is 13.0. The zero-order chi connectivity index (χ0) is 20.4. The molecule has 0 unspecified atom stereocenters. The van der Waals surface area contributed by atoms with Crippen molar-refractivity contribution in [2.45, 2.75) is 12.8 Å². The second-order valence-electron chi connectivity index (χ2n) is 5.63. The van der Waals surface area contributed by atoms with Gasteiger partial charge in [-0.25, -0.2) is 0 Å². The summed E-state index contributed by atoms with van der Waals surface area (Å²) in [5, 5.41) is 18.8. The SMILES string of the molecule is COCCOCCOCCC(CCOCCOCCOC)(C(=O)O)C(=O)O.[BaH2]. The van der Waals surface area contributed by atoms with Crippen molar-refractivity contribution in [3.63, 3.8) is 0 Å². The van der Waals surface area contributed by atoms with E-state index in [1.807, 2.05) is 0 Å². The van der Waals surface area contributed by atoms with Crippen molar-refractivity contribution in [3.8, 4) is 0 Å². The van der Waals surface area contributed by atoms with Crippen molar-refractivity contribution in [1.29, 1.82) is 0 Å². The van der Waals surface area contributed by atoms with Crippen LogP contribution in [-0.2, 0) is 38.0 Å². The quantitative estimate of drug-likeness (QED) is 0.118. The van der Waals surface area contributed by atoms with Crippen LogP contribution in [0.1, 0.15) is 12.8 Å². The molecule has 0 heterocycles. The third kappa shape index (κ3) is 14.3. The monoisotopic (exact) mass is 536 g/mol. The van der Waals surface area contributed by atoms with Crippen LogP contribution in [0.5, 0.6) is 0 Å². The van der Waals surface area contributed by atoms with Crippen LogP contribution in [0.2, 0.25) is 0 Å². The number of hydrogen-bond acceptors (Lipinski definition) is 8. The molecular formula is C17H34BaO10. The number of carbonyl (C=O) groups is 2. The number of carboxylic acid groups (broad SMARTS) is 2. The van der Waals surface area contributed by atoms with Crippen LogP contribution in [0.3, 0.4) is 0 Å². The molecular weight excluding hydrogens is 502 g/mol. The van der Waals surface area contributed by atoms with Gasteiger partial charge in [-0.1, -0.05) is 0 Å². The second-order valence-corrected chi connectivity index (χ2v) is 5.63. The Hall–Kier alpha value is 0.271. The first kappa shape index (κ1) is 30.5. The summed E-state index contributed by atoms with van der Waals surface area (Å²) in [6.07, 6.45) is -0.327. The normalized spacial score (nSPS) is 11.2. The number of ether oxygens (including phenoxy) is 6. The Labute approximate surface area is 206 Å². The fraction of sp³-hybridized carbons (Fsp3) is 0.882. The molecule has 0 rings (SSSR count). The van der Waals surface area contributed by atoms with Gasteiger partial charge in [-0.05, 0) is 12.8 Å². The van der Waals surface area contributed by atoms with E-state index in [4.69, 9.17) is 28.4 Å². The topological polar surface area (TPSA) is 130 Å². The molecule has 11 heteroatoms. The molecule has 2 N–H and O–H groups in total. The molecule has 0 atom stereocenters. The number of methoxy groups -OCH3 is 2. The van der Waals surface area contributed by atoms with Gasteiger partial charge < -0.3 is 38.6 Å². The number of hydrogen-bond donors (Lipinski definition) is 2. The maximum atomic E-state index is 11.6. The summed E-state index contributed by atoms with van der Waals surface area (Å²) >= 11 is 0. The summed E-state index contributed by atoms with van der Waals surface area (Å²) in [4.78, 5) is 23.1. The predicted molar refractivity (Wildman–Crippen MR) is 103 cm³/mol. The van der Waals surface area contributed by atoms with Gasteiger partial charge in [0.15, 0.2) is 5.41 Å². The summed E-state index contributed by atoms with van der Waals surface area (Å²) in [7, 11) is 3.13. The van der Waals surface area contributed by atoms with Crippen LogP contribution in [0, 0.1) is 5.41 Å². The Kier molecular flexibility index (Phi) is 22.3. The standard InChI is InChI=1S/C17H32O10.Ba.2H/c1-22-7-9-26-13-11-24-5-3-17(15(18)19,16(20)21)4-6-25-12-14-27-10-8-23-2;;;/h3-14H2,1-2H3,(H,18,19)(H,20,21);;;. The first-order valence-electron chi connectivity index (χ1n) is 8.77. The van der Waals surface area contributed by atoms with Crippen LogP contribution in [0.4, 0.5) is 0 Å². The number of aliphatic carboxylic acids is 2. The summed E-state index contributed by atoms with van der Waals surface area (Å²) in [6, 6.07) is 0. The molecule has 0 aromatic heterocycles. The van der Waals surface area contributed by atoms with E-state index in [-0.39, 0.29) is 88.2 Å². The van der Waals surface area contributed by atoms with E-state index in [1.165, 1.54) is 0 Å². The Bertz CT molecular complexity index is 358. The van der Waals surface area contributed by atoms with Crippen molar-refractivity contribution in [3.05, 3.63) is 0 Å². The Morgan fingerprint density at radius 2 is 0.893 bits per heavy atom. The first-order valence-corrected chi connectivity index (χ1v) is 8.77. The van der Waals surface area contributed by atoms with Crippen LogP contribution < -0.4 is 0 Å². The van der Waals surface area contributed by atoms with Gasteiger partial charge in [0.05, 0.1) is 52.9 Å². The van der Waals surface area contributed by atoms with Crippen LogP contribution in [0.25, 0.3) is 0 Å². The van der Waals surface area contributed by atoms with Crippen molar-refractivity contribution in [2.24, 2.45) is 5.41 Å². The molecule has 0 saturated carbocycles. The summed E-state index contributed by atoms with van der Waals surface area (Å²) in [5.41, 5.74) is -1.95. The minimum atomic E-state index is -1.95. The molecule has 0 bridgehead atoms. The Balaban J connectivity index is 0. The molecule has 164 valence electrons. The van der Waals surface area contributed by atoms with E-state index in [2.05, 4.69) is 0 Å². The molecule has 0 aromatic rings. The van der Waals surface area contributed by atoms with E-state index in [9.17, 15) is 19.8 Å². The summed E-state index contributed by atoms with van der Waals surface area (Å²) in [5.74, 6) is -2.82. The molecule has 0 aliphatic carbocycles. The van der Waals surface area contributed by atoms with Gasteiger partial charge in [-0.2, -0.15) is 0 Å². The average molecular weight is 536 g/mol. The fourth-order valence-corrected chi connectivity index (χ4v) is 2.07. The molecule has 0 radical (unpaired) electrons. The molecule has 0 amide bonds. The van der Waals surface area contributed by atoms with Gasteiger partial charge in [-0.15, -0.1) is 0 Å². The van der Waals surface area contributed by atoms with Crippen LogP contribution in [-0.4, -0.2) is 151 Å². The second kappa shape index (κ2) is 20.5. The third-order valence-electron chi connectivity index (χ3n) is 3.77. The zero-order valence-corrected chi connectivity index (χ0v) is 16.1. The van der Waals surface area contributed by atoms with Crippen molar-refractivity contribution in [2.75, 3.05) is 80.3 Å². The van der Waals surface area contributed by atoms with Crippen molar-refractivity contribution in [1.82, 2.24) is 0 Å². The van der Waals surface area contributed by atoms with Crippen molar-refractivity contribution < 1.29 is 48.2 Å². The molecule has 10 nitrogen and oxygen atoms in total. The van der Waals surface area contributed by atoms with Gasteiger partial charge in [0.25, 0.3) is 0 Å². The maximum absolute atomic E-state index is 11.6. The zero-order valence-electron chi connectivity index (χ0n) is 16.1. The summed E-state index contributed by atoms with van der Waals surface area (Å²) in [6.45, 7) is 2.92. The van der Waals surface area contributed by atoms with E-state index < -0.39 is 17.4 Å². The van der Waals surface area contributed by atoms with Gasteiger partial charge in [-0.3, -0.25) is 9.59 Å². The molecule has 28 heavy (non-hydrogen) atoms. The average Bonchev–Trinajstić information content (AvgIpc) is 2.63. The van der Waals surface area contributed by atoms with Gasteiger partial charge >= 0.3 is 60.8 Å². The number of rotatable bonds is 20. The van der Waals surface area contributed by atoms with Crippen molar-refractivity contribution >= 4 is 60.8 Å². The van der Waals surface area contributed by atoms with E-state index in [0.29, 0.717) is 39.6 Å². The molecule has 0 aliphatic rings. The molecule has 0 spiro atoms. The molecule has 0 aromatic carbocycles. The van der Waals surface area contributed by atoms with Gasteiger partial charge in [0, 0.05) is 27.4 Å². The van der Waals surface area contributed by atoms with E-state index in [0.717, 1.165) is 0 Å². The molecule has 0 fully saturated rings. The minimum absolute atomic E-state index is 0. The Morgan fingerprint density at radius 3 is 1.18 bits per heavy atom. The van der Waals surface area contributed by atoms with Crippen LogP contribution in [0.15, 0.2) is 0 Å². The summed E-state index contributed by atoms with van der Waals surface area (Å²) < 4.78 is 30.6. The third-order valence-corrected chi connectivity index (χ3v) is 3.77. The Morgan fingerprint density at radius 1 is 0.607 bits per heavy atom.